The third-order valence-electron chi connectivity index (χ3n) is 4.37. The fraction of sp³-hybridized carbons (Fsp3) is 0. The van der Waals surface area contributed by atoms with E-state index in [0.717, 1.165) is 0 Å². The fourth-order valence-electron chi connectivity index (χ4n) is 2.80. The van der Waals surface area contributed by atoms with Gasteiger partial charge in [0.05, 0.1) is 11.4 Å². The molecule has 4 aromatic rings. The van der Waals surface area contributed by atoms with Crippen LogP contribution >= 0.6 is 0 Å². The van der Waals surface area contributed by atoms with Crippen molar-refractivity contribution in [3.05, 3.63) is 84.9 Å². The largest absolute Gasteiger partial charge is 0.506 e. The first-order valence-corrected chi connectivity index (χ1v) is 9.38. The average molecular weight is 416 g/mol. The first-order valence-electron chi connectivity index (χ1n) is 9.38. The Morgan fingerprint density at radius 2 is 0.839 bits per heavy atom. The van der Waals surface area contributed by atoms with Gasteiger partial charge in [0.25, 0.3) is 0 Å². The minimum atomic E-state index is -0.0159. The molecule has 4 rings (SSSR count). The molecule has 0 saturated heterocycles. The van der Waals surface area contributed by atoms with Crippen LogP contribution < -0.4 is 25.7 Å². The van der Waals surface area contributed by atoms with Crippen LogP contribution in [0.25, 0.3) is 0 Å². The maximum Gasteiger partial charge on any atom is 0.170 e. The molecular weight excluding hydrogens is 396 g/mol. The Labute approximate surface area is 178 Å². The molecule has 0 bridgehead atoms. The molecule has 0 atom stereocenters. The van der Waals surface area contributed by atoms with Crippen molar-refractivity contribution in [1.29, 1.82) is 0 Å². The van der Waals surface area contributed by atoms with Crippen molar-refractivity contribution < 1.29 is 24.4 Å². The van der Waals surface area contributed by atoms with E-state index in [9.17, 15) is 10.2 Å². The quantitative estimate of drug-likeness (QED) is 0.237. The minimum Gasteiger partial charge on any atom is -0.506 e. The van der Waals surface area contributed by atoms with E-state index in [1.165, 1.54) is 24.3 Å². The molecular formula is C24H20N2O5. The van der Waals surface area contributed by atoms with Crippen molar-refractivity contribution in [2.24, 2.45) is 0 Å². The molecule has 4 aromatic carbocycles. The molecule has 0 aliphatic heterocycles. The van der Waals surface area contributed by atoms with Gasteiger partial charge in [0.15, 0.2) is 23.0 Å². The third kappa shape index (κ3) is 4.56. The number of aromatic hydroxyl groups is 2. The van der Waals surface area contributed by atoms with Crippen molar-refractivity contribution in [3.63, 3.8) is 0 Å². The van der Waals surface area contributed by atoms with E-state index in [0.29, 0.717) is 34.5 Å². The Morgan fingerprint density at radius 1 is 0.484 bits per heavy atom. The maximum atomic E-state index is 9.60. The van der Waals surface area contributed by atoms with Gasteiger partial charge in [-0.1, -0.05) is 24.3 Å². The highest BCUT2D eigenvalue weighted by molar-refractivity contribution is 5.58. The molecule has 6 N–H and O–H groups in total. The molecule has 0 aromatic heterocycles. The normalized spacial score (nSPS) is 10.5. The van der Waals surface area contributed by atoms with Crippen LogP contribution in [0.4, 0.5) is 11.4 Å². The zero-order valence-corrected chi connectivity index (χ0v) is 16.4. The summed E-state index contributed by atoms with van der Waals surface area (Å²) in [5.74, 6) is 2.69. The number of nitrogen functional groups attached to an aromatic ring is 2. The lowest BCUT2D eigenvalue weighted by molar-refractivity contribution is 0.393. The number of benzene rings is 4. The summed E-state index contributed by atoms with van der Waals surface area (Å²) < 4.78 is 17.9. The topological polar surface area (TPSA) is 120 Å². The van der Waals surface area contributed by atoms with Crippen LogP contribution in [-0.4, -0.2) is 10.2 Å². The lowest BCUT2D eigenvalue weighted by atomic mass is 10.2. The lowest BCUT2D eigenvalue weighted by Crippen LogP contribution is -1.94. The molecule has 7 heteroatoms. The summed E-state index contributed by atoms with van der Waals surface area (Å²) in [5.41, 5.74) is 11.9. The van der Waals surface area contributed by atoms with Crippen molar-refractivity contribution in [3.8, 4) is 46.0 Å². The summed E-state index contributed by atoms with van der Waals surface area (Å²) in [7, 11) is 0. The number of hydrogen-bond donors (Lipinski definition) is 4. The van der Waals surface area contributed by atoms with Gasteiger partial charge in [-0.2, -0.15) is 0 Å². The molecule has 0 unspecified atom stereocenters. The van der Waals surface area contributed by atoms with E-state index in [-0.39, 0.29) is 22.9 Å². The van der Waals surface area contributed by atoms with Crippen LogP contribution in [0.5, 0.6) is 46.0 Å². The predicted molar refractivity (Wildman–Crippen MR) is 118 cm³/mol. The van der Waals surface area contributed by atoms with Crippen LogP contribution in [0.3, 0.4) is 0 Å². The number of phenols is 2. The molecule has 0 radical (unpaired) electrons. The Hall–Kier alpha value is -4.52. The molecule has 0 saturated carbocycles. The van der Waals surface area contributed by atoms with Crippen molar-refractivity contribution in [2.75, 3.05) is 11.5 Å². The second kappa shape index (κ2) is 8.46. The zero-order valence-electron chi connectivity index (χ0n) is 16.4. The van der Waals surface area contributed by atoms with Gasteiger partial charge in [0, 0.05) is 12.1 Å². The molecule has 31 heavy (non-hydrogen) atoms. The number of para-hydroxylation sites is 4. The van der Waals surface area contributed by atoms with Gasteiger partial charge in [-0.25, -0.2) is 0 Å². The Bertz CT molecular complexity index is 1130. The summed E-state index contributed by atoms with van der Waals surface area (Å²) in [4.78, 5) is 0. The molecule has 0 heterocycles. The van der Waals surface area contributed by atoms with Gasteiger partial charge < -0.3 is 35.9 Å². The zero-order chi connectivity index (χ0) is 21.8. The van der Waals surface area contributed by atoms with Gasteiger partial charge >= 0.3 is 0 Å². The standard InChI is InChI=1S/C24H20N2O5/c25-17-13-15(9-11-19(17)27)29-21-5-1-3-7-23(21)31-24-8-4-2-6-22(24)30-16-10-12-20(28)18(26)14-16/h1-14,27-28H,25-26H2. The van der Waals surface area contributed by atoms with Gasteiger partial charge in [-0.05, 0) is 48.5 Å². The Balaban J connectivity index is 1.60. The maximum absolute atomic E-state index is 9.60. The first kappa shape index (κ1) is 19.8. The Morgan fingerprint density at radius 3 is 1.19 bits per heavy atom. The number of anilines is 2. The summed E-state index contributed by atoms with van der Waals surface area (Å²) in [6, 6.07) is 23.5. The van der Waals surface area contributed by atoms with E-state index in [1.54, 1.807) is 36.4 Å². The highest BCUT2D eigenvalue weighted by atomic mass is 16.5. The number of nitrogens with two attached hydrogens (primary N) is 2. The number of ether oxygens (including phenoxy) is 3. The van der Waals surface area contributed by atoms with Gasteiger partial charge in [-0.15, -0.1) is 0 Å². The Kier molecular flexibility index (Phi) is 5.40. The predicted octanol–water partition coefficient (Wildman–Crippen LogP) is 5.64. The molecule has 7 nitrogen and oxygen atoms in total. The fourth-order valence-corrected chi connectivity index (χ4v) is 2.80. The van der Waals surface area contributed by atoms with Crippen molar-refractivity contribution in [1.82, 2.24) is 0 Å². The van der Waals surface area contributed by atoms with E-state index < -0.39 is 0 Å². The van der Waals surface area contributed by atoms with Crippen LogP contribution in [0.2, 0.25) is 0 Å². The van der Waals surface area contributed by atoms with E-state index >= 15 is 0 Å². The average Bonchev–Trinajstić information content (AvgIpc) is 2.76. The monoisotopic (exact) mass is 416 g/mol. The van der Waals surface area contributed by atoms with Gasteiger partial charge in [0.1, 0.15) is 23.0 Å². The number of hydrogen-bond acceptors (Lipinski definition) is 7. The summed E-state index contributed by atoms with van der Waals surface area (Å²) in [6.45, 7) is 0. The SMILES string of the molecule is Nc1cc(Oc2ccccc2Oc2ccccc2Oc2ccc(O)c(N)c2)ccc1O. The second-order valence-corrected chi connectivity index (χ2v) is 6.64. The molecule has 0 spiro atoms. The smallest absolute Gasteiger partial charge is 0.170 e. The molecule has 0 aliphatic carbocycles. The van der Waals surface area contributed by atoms with Crippen LogP contribution in [-0.2, 0) is 0 Å². The summed E-state index contributed by atoms with van der Waals surface area (Å²) >= 11 is 0. The highest BCUT2D eigenvalue weighted by Gasteiger charge is 2.12. The number of phenolic OH excluding ortho intramolecular Hbond substituents is 2. The van der Waals surface area contributed by atoms with Gasteiger partial charge in [-0.3, -0.25) is 0 Å². The lowest BCUT2D eigenvalue weighted by Gasteiger charge is -2.15. The number of rotatable bonds is 6. The first-order chi connectivity index (χ1) is 15.0. The van der Waals surface area contributed by atoms with Crippen LogP contribution in [0.1, 0.15) is 0 Å². The highest BCUT2D eigenvalue weighted by Crippen LogP contribution is 2.40. The van der Waals surface area contributed by atoms with E-state index in [2.05, 4.69) is 0 Å². The van der Waals surface area contributed by atoms with Crippen molar-refractivity contribution >= 4 is 11.4 Å². The van der Waals surface area contributed by atoms with Gasteiger partial charge in [0.2, 0.25) is 0 Å². The molecule has 0 amide bonds. The summed E-state index contributed by atoms with van der Waals surface area (Å²) in [6.07, 6.45) is 0. The second-order valence-electron chi connectivity index (χ2n) is 6.64. The molecule has 0 fully saturated rings. The van der Waals surface area contributed by atoms with Crippen molar-refractivity contribution in [2.45, 2.75) is 0 Å². The summed E-state index contributed by atoms with van der Waals surface area (Å²) in [5, 5.41) is 19.2. The third-order valence-corrected chi connectivity index (χ3v) is 4.37. The van der Waals surface area contributed by atoms with Crippen LogP contribution in [0.15, 0.2) is 84.9 Å². The van der Waals surface area contributed by atoms with Crippen LogP contribution in [0, 0.1) is 0 Å². The minimum absolute atomic E-state index is 0.0159. The molecule has 0 aliphatic rings. The van der Waals surface area contributed by atoms with E-state index in [1.807, 2.05) is 24.3 Å². The van der Waals surface area contributed by atoms with E-state index in [4.69, 9.17) is 25.7 Å². The molecule has 156 valence electrons.